The maximum Gasteiger partial charge on any atom is 0.223 e. The molecule has 0 aliphatic heterocycles. The van der Waals surface area contributed by atoms with E-state index in [4.69, 9.17) is 0 Å². The zero-order valence-electron chi connectivity index (χ0n) is 16.7. The van der Waals surface area contributed by atoms with Gasteiger partial charge in [-0.3, -0.25) is 4.79 Å². The Kier molecular flexibility index (Phi) is 16.6. The van der Waals surface area contributed by atoms with Crippen LogP contribution < -0.4 is 0 Å². The molecule has 0 rings (SSSR count). The Morgan fingerprint density at radius 2 is 1.50 bits per heavy atom. The van der Waals surface area contributed by atoms with Crippen LogP contribution in [0.2, 0.25) is 0 Å². The predicted octanol–water partition coefficient (Wildman–Crippen LogP) is 6.29. The van der Waals surface area contributed by atoms with Gasteiger partial charge in [0.05, 0.1) is 0 Å². The molecule has 0 aromatic carbocycles. The van der Waals surface area contributed by atoms with Gasteiger partial charge in [-0.2, -0.15) is 0 Å². The van der Waals surface area contributed by atoms with Crippen molar-refractivity contribution in [2.75, 3.05) is 6.54 Å². The average molecular weight is 314 g/mol. The summed E-state index contributed by atoms with van der Waals surface area (Å²) in [5.41, 5.74) is 0. The molecule has 22 heavy (non-hydrogen) atoms. The van der Waals surface area contributed by atoms with Crippen LogP contribution in [-0.4, -0.2) is 23.4 Å². The molecule has 2 heteroatoms. The average Bonchev–Trinajstić information content (AvgIpc) is 2.51. The van der Waals surface area contributed by atoms with E-state index in [-0.39, 0.29) is 0 Å². The summed E-state index contributed by atoms with van der Waals surface area (Å²) in [5.74, 6) is 1.42. The van der Waals surface area contributed by atoms with Gasteiger partial charge >= 0.3 is 0 Å². The van der Waals surface area contributed by atoms with E-state index in [1.54, 1.807) is 0 Å². The molecule has 2 nitrogen and oxygen atoms in total. The summed E-state index contributed by atoms with van der Waals surface area (Å²) in [6.07, 6.45) is 7.81. The number of unbranched alkanes of at least 4 members (excludes halogenated alkanes) is 3. The Hall–Kier alpha value is -0.530. The van der Waals surface area contributed by atoms with Crippen LogP contribution in [0.3, 0.4) is 0 Å². The Bertz CT molecular complexity index is 250. The molecule has 0 N–H and O–H groups in total. The molecule has 134 valence electrons. The summed E-state index contributed by atoms with van der Waals surface area (Å²) in [6, 6.07) is 0.410. The van der Waals surface area contributed by atoms with Gasteiger partial charge in [0.15, 0.2) is 0 Å². The first-order chi connectivity index (χ1) is 10.5. The molecule has 0 bridgehead atoms. The van der Waals surface area contributed by atoms with Crippen LogP contribution in [-0.2, 0) is 4.79 Å². The summed E-state index contributed by atoms with van der Waals surface area (Å²) in [5, 5.41) is 0. The molecule has 0 aromatic rings. The number of hydrogen-bond acceptors (Lipinski definition) is 1. The molecule has 0 fully saturated rings. The molecular formula is C20H43NO. The molecule has 1 amide bonds. The Labute approximate surface area is 141 Å². The van der Waals surface area contributed by atoms with E-state index in [0.717, 1.165) is 25.8 Å². The molecule has 1 unspecified atom stereocenters. The van der Waals surface area contributed by atoms with E-state index in [1.807, 2.05) is 13.8 Å². The summed E-state index contributed by atoms with van der Waals surface area (Å²) in [4.78, 5) is 14.8. The fourth-order valence-corrected chi connectivity index (χ4v) is 2.80. The lowest BCUT2D eigenvalue weighted by molar-refractivity contribution is -0.135. The van der Waals surface area contributed by atoms with Crippen molar-refractivity contribution >= 4 is 5.91 Å². The normalized spacial score (nSPS) is 13.3. The summed E-state index contributed by atoms with van der Waals surface area (Å²) < 4.78 is 0. The fourth-order valence-electron chi connectivity index (χ4n) is 2.80. The van der Waals surface area contributed by atoms with Crippen LogP contribution in [0.1, 0.15) is 100 Å². The van der Waals surface area contributed by atoms with E-state index >= 15 is 0 Å². The van der Waals surface area contributed by atoms with Crippen LogP contribution in [0.25, 0.3) is 0 Å². The Balaban J connectivity index is 0. The molecule has 0 radical (unpaired) electrons. The lowest BCUT2D eigenvalue weighted by Gasteiger charge is -2.35. The maximum atomic E-state index is 12.6. The first-order valence-electron chi connectivity index (χ1n) is 9.77. The first kappa shape index (κ1) is 23.7. The van der Waals surface area contributed by atoms with Gasteiger partial charge in [0.2, 0.25) is 5.91 Å². The minimum Gasteiger partial charge on any atom is -0.339 e. The molecule has 0 aliphatic rings. The van der Waals surface area contributed by atoms with Crippen LogP contribution in [0, 0.1) is 11.8 Å². The van der Waals surface area contributed by atoms with E-state index in [9.17, 15) is 4.79 Å². The number of carbonyl (C=O) groups excluding carboxylic acids is 1. The van der Waals surface area contributed by atoms with E-state index in [1.165, 1.54) is 19.3 Å². The SMILES string of the molecule is CC.CCCCCCN(C(=O)C[C@@H](C)CC)C(CC)C(C)C. The predicted molar refractivity (Wildman–Crippen MR) is 100 cm³/mol. The molecule has 0 aliphatic carbocycles. The van der Waals surface area contributed by atoms with Crippen molar-refractivity contribution in [3.63, 3.8) is 0 Å². The lowest BCUT2D eigenvalue weighted by atomic mass is 9.97. The second-order valence-corrected chi connectivity index (χ2v) is 6.58. The number of carbonyl (C=O) groups is 1. The number of amides is 1. The van der Waals surface area contributed by atoms with Crippen LogP contribution in [0.4, 0.5) is 0 Å². The minimum atomic E-state index is 0.372. The topological polar surface area (TPSA) is 20.3 Å². The van der Waals surface area contributed by atoms with Gasteiger partial charge in [-0.25, -0.2) is 0 Å². The maximum absolute atomic E-state index is 12.6. The minimum absolute atomic E-state index is 0.372. The van der Waals surface area contributed by atoms with E-state index in [0.29, 0.717) is 30.2 Å². The monoisotopic (exact) mass is 313 g/mol. The second kappa shape index (κ2) is 15.4. The highest BCUT2D eigenvalue weighted by atomic mass is 16.2. The van der Waals surface area contributed by atoms with Crippen molar-refractivity contribution in [2.24, 2.45) is 11.8 Å². The second-order valence-electron chi connectivity index (χ2n) is 6.58. The molecular weight excluding hydrogens is 270 g/mol. The summed E-state index contributed by atoms with van der Waals surface area (Å²) >= 11 is 0. The third kappa shape index (κ3) is 10.2. The summed E-state index contributed by atoms with van der Waals surface area (Å²) in [7, 11) is 0. The van der Waals surface area contributed by atoms with E-state index < -0.39 is 0 Å². The number of hydrogen-bond donors (Lipinski definition) is 0. The fraction of sp³-hybridized carbons (Fsp3) is 0.950. The third-order valence-corrected chi connectivity index (χ3v) is 4.38. The molecule has 0 spiro atoms. The van der Waals surface area contributed by atoms with Crippen LogP contribution in [0.5, 0.6) is 0 Å². The Morgan fingerprint density at radius 1 is 0.909 bits per heavy atom. The molecule has 0 saturated carbocycles. The lowest BCUT2D eigenvalue weighted by Crippen LogP contribution is -2.44. The smallest absolute Gasteiger partial charge is 0.223 e. The molecule has 0 heterocycles. The molecule has 0 aromatic heterocycles. The molecule has 0 saturated heterocycles. The van der Waals surface area contributed by atoms with Crippen molar-refractivity contribution in [1.29, 1.82) is 0 Å². The van der Waals surface area contributed by atoms with Gasteiger partial charge in [0.1, 0.15) is 0 Å². The van der Waals surface area contributed by atoms with Crippen molar-refractivity contribution in [1.82, 2.24) is 4.90 Å². The quantitative estimate of drug-likeness (QED) is 0.410. The van der Waals surface area contributed by atoms with E-state index in [2.05, 4.69) is 46.4 Å². The number of nitrogens with zero attached hydrogens (tertiary/aromatic N) is 1. The van der Waals surface area contributed by atoms with Crippen molar-refractivity contribution in [2.45, 2.75) is 106 Å². The standard InChI is InChI=1S/C18H37NO.C2H6/c1-7-10-11-12-13-19(17(9-3)15(4)5)18(20)14-16(6)8-2;1-2/h15-17H,7-14H2,1-6H3;1-2H3/t16-,17?;/m0./s1. The first-order valence-corrected chi connectivity index (χ1v) is 9.77. The van der Waals surface area contributed by atoms with Gasteiger partial charge in [-0.15, -0.1) is 0 Å². The largest absolute Gasteiger partial charge is 0.339 e. The van der Waals surface area contributed by atoms with Gasteiger partial charge in [-0.05, 0) is 24.7 Å². The zero-order valence-corrected chi connectivity index (χ0v) is 16.7. The third-order valence-electron chi connectivity index (χ3n) is 4.38. The zero-order chi connectivity index (χ0) is 17.5. The van der Waals surface area contributed by atoms with Crippen LogP contribution in [0.15, 0.2) is 0 Å². The highest BCUT2D eigenvalue weighted by molar-refractivity contribution is 5.76. The van der Waals surface area contributed by atoms with Gasteiger partial charge in [-0.1, -0.05) is 81.1 Å². The van der Waals surface area contributed by atoms with Crippen LogP contribution >= 0.6 is 0 Å². The number of rotatable bonds is 11. The summed E-state index contributed by atoms with van der Waals surface area (Å²) in [6.45, 7) is 18.2. The van der Waals surface area contributed by atoms with Gasteiger partial charge in [0, 0.05) is 19.0 Å². The Morgan fingerprint density at radius 3 is 1.91 bits per heavy atom. The van der Waals surface area contributed by atoms with Crippen molar-refractivity contribution in [3.8, 4) is 0 Å². The van der Waals surface area contributed by atoms with Gasteiger partial charge < -0.3 is 4.90 Å². The van der Waals surface area contributed by atoms with Crippen molar-refractivity contribution < 1.29 is 4.79 Å². The highest BCUT2D eigenvalue weighted by Gasteiger charge is 2.25. The molecule has 2 atom stereocenters. The van der Waals surface area contributed by atoms with Crippen molar-refractivity contribution in [3.05, 3.63) is 0 Å². The van der Waals surface area contributed by atoms with Gasteiger partial charge in [0.25, 0.3) is 0 Å². The highest BCUT2D eigenvalue weighted by Crippen LogP contribution is 2.19.